The number of hydrogen-bond donors (Lipinski definition) is 2. The first-order valence-electron chi connectivity index (χ1n) is 7.08. The Morgan fingerprint density at radius 1 is 1.29 bits per heavy atom. The average molecular weight is 347 g/mol. The minimum Gasteiger partial charge on any atom is -0.393 e. The molecule has 0 aliphatic carbocycles. The normalized spacial score (nSPS) is 13.0. The maximum Gasteiger partial charge on any atom is 0.292 e. The van der Waals surface area contributed by atoms with Crippen molar-refractivity contribution < 1.29 is 13.9 Å². The van der Waals surface area contributed by atoms with Crippen molar-refractivity contribution in [3.05, 3.63) is 69.8 Å². The molecule has 2 aromatic rings. The standard InChI is InChI=1S/C16H17N3O4S/c1-24(23)10-14(11-5-3-2-4-6-11)18-16(20)12-7-8-13(17)15(9-12)19(21)22/h2-9,14H,10,17H2,1H3,(H,18,20)/t14-,24+/m0/s1. The highest BCUT2D eigenvalue weighted by molar-refractivity contribution is 7.84. The maximum atomic E-state index is 12.4. The lowest BCUT2D eigenvalue weighted by Gasteiger charge is -2.18. The van der Waals surface area contributed by atoms with Crippen molar-refractivity contribution in [3.63, 3.8) is 0 Å². The second kappa shape index (κ2) is 7.69. The molecule has 24 heavy (non-hydrogen) atoms. The van der Waals surface area contributed by atoms with E-state index in [9.17, 15) is 19.1 Å². The van der Waals surface area contributed by atoms with E-state index >= 15 is 0 Å². The Morgan fingerprint density at radius 3 is 2.54 bits per heavy atom. The van der Waals surface area contributed by atoms with Crippen LogP contribution < -0.4 is 11.1 Å². The summed E-state index contributed by atoms with van der Waals surface area (Å²) in [6, 6.07) is 12.5. The molecule has 2 atom stereocenters. The van der Waals surface area contributed by atoms with Gasteiger partial charge in [-0.3, -0.25) is 19.1 Å². The van der Waals surface area contributed by atoms with E-state index in [1.54, 1.807) is 6.26 Å². The van der Waals surface area contributed by atoms with Crippen molar-refractivity contribution in [2.24, 2.45) is 0 Å². The molecular formula is C16H17N3O4S. The number of benzene rings is 2. The van der Waals surface area contributed by atoms with E-state index in [-0.39, 0.29) is 22.7 Å². The summed E-state index contributed by atoms with van der Waals surface area (Å²) in [6.45, 7) is 0. The number of anilines is 1. The summed E-state index contributed by atoms with van der Waals surface area (Å²) in [5.41, 5.74) is 6.14. The third kappa shape index (κ3) is 4.39. The van der Waals surface area contributed by atoms with E-state index in [2.05, 4.69) is 5.32 Å². The van der Waals surface area contributed by atoms with Crippen molar-refractivity contribution in [2.45, 2.75) is 6.04 Å². The quantitative estimate of drug-likeness (QED) is 0.471. The monoisotopic (exact) mass is 347 g/mol. The molecule has 0 saturated carbocycles. The van der Waals surface area contributed by atoms with Gasteiger partial charge in [0.05, 0.1) is 11.0 Å². The van der Waals surface area contributed by atoms with Crippen LogP contribution in [0.2, 0.25) is 0 Å². The summed E-state index contributed by atoms with van der Waals surface area (Å²) >= 11 is 0. The maximum absolute atomic E-state index is 12.4. The summed E-state index contributed by atoms with van der Waals surface area (Å²) in [5.74, 6) is -0.246. The van der Waals surface area contributed by atoms with Gasteiger partial charge in [-0.1, -0.05) is 30.3 Å². The van der Waals surface area contributed by atoms with Crippen molar-refractivity contribution in [2.75, 3.05) is 17.7 Å². The molecular weight excluding hydrogens is 330 g/mol. The SMILES string of the molecule is C[S@@](=O)C[C@H](NC(=O)c1ccc(N)c([N+](=O)[O-])c1)c1ccccc1. The van der Waals surface area contributed by atoms with Crippen LogP contribution in [-0.2, 0) is 10.8 Å². The van der Waals surface area contributed by atoms with E-state index in [0.29, 0.717) is 0 Å². The first-order chi connectivity index (χ1) is 11.4. The topological polar surface area (TPSA) is 115 Å². The lowest BCUT2D eigenvalue weighted by atomic mass is 10.1. The molecule has 126 valence electrons. The molecule has 0 fully saturated rings. The molecule has 8 heteroatoms. The number of nitrogens with one attached hydrogen (secondary N) is 1. The van der Waals surface area contributed by atoms with Crippen LogP contribution in [0.3, 0.4) is 0 Å². The van der Waals surface area contributed by atoms with Crippen LogP contribution >= 0.6 is 0 Å². The van der Waals surface area contributed by atoms with Crippen molar-refractivity contribution in [1.29, 1.82) is 0 Å². The van der Waals surface area contributed by atoms with Crippen LogP contribution in [0.1, 0.15) is 22.0 Å². The smallest absolute Gasteiger partial charge is 0.292 e. The van der Waals surface area contributed by atoms with Crippen molar-refractivity contribution in [1.82, 2.24) is 5.32 Å². The van der Waals surface area contributed by atoms with Gasteiger partial charge in [0, 0.05) is 34.4 Å². The fraction of sp³-hybridized carbons (Fsp3) is 0.188. The van der Waals surface area contributed by atoms with Crippen LogP contribution in [0.5, 0.6) is 0 Å². The highest BCUT2D eigenvalue weighted by Crippen LogP contribution is 2.23. The van der Waals surface area contributed by atoms with Gasteiger partial charge in [-0.05, 0) is 17.7 Å². The van der Waals surface area contributed by atoms with Crippen molar-refractivity contribution in [3.8, 4) is 0 Å². The number of amides is 1. The summed E-state index contributed by atoms with van der Waals surface area (Å²) < 4.78 is 11.6. The van der Waals surface area contributed by atoms with Gasteiger partial charge in [0.2, 0.25) is 0 Å². The van der Waals surface area contributed by atoms with Crippen molar-refractivity contribution >= 4 is 28.1 Å². The number of nitro groups is 1. The number of nitro benzene ring substituents is 1. The molecule has 0 aliphatic heterocycles. The van der Waals surface area contributed by atoms with Crippen LogP contribution in [0.15, 0.2) is 48.5 Å². The number of nitrogen functional groups attached to an aromatic ring is 1. The highest BCUT2D eigenvalue weighted by Gasteiger charge is 2.20. The number of carbonyl (C=O) groups excluding carboxylic acids is 1. The third-order valence-electron chi connectivity index (χ3n) is 3.40. The molecule has 0 aromatic heterocycles. The van der Waals surface area contributed by atoms with Gasteiger partial charge >= 0.3 is 0 Å². The Hall–Kier alpha value is -2.74. The number of nitrogens with two attached hydrogens (primary N) is 1. The predicted octanol–water partition coefficient (Wildman–Crippen LogP) is 2.03. The molecule has 0 unspecified atom stereocenters. The van der Waals surface area contributed by atoms with Crippen LogP contribution in [0, 0.1) is 10.1 Å². The molecule has 7 nitrogen and oxygen atoms in total. The Labute approximate surface area is 141 Å². The molecule has 2 rings (SSSR count). The molecule has 3 N–H and O–H groups in total. The van der Waals surface area contributed by atoms with Gasteiger partial charge in [-0.25, -0.2) is 0 Å². The van der Waals surface area contributed by atoms with E-state index in [4.69, 9.17) is 5.73 Å². The molecule has 0 spiro atoms. The number of hydrogen-bond acceptors (Lipinski definition) is 5. The summed E-state index contributed by atoms with van der Waals surface area (Å²) in [6.07, 6.45) is 1.55. The van der Waals surface area contributed by atoms with E-state index < -0.39 is 27.7 Å². The Morgan fingerprint density at radius 2 is 1.96 bits per heavy atom. The summed E-state index contributed by atoms with van der Waals surface area (Å²) in [7, 11) is -1.13. The fourth-order valence-corrected chi connectivity index (χ4v) is 2.97. The molecule has 0 bridgehead atoms. The van der Waals surface area contributed by atoms with Gasteiger partial charge < -0.3 is 11.1 Å². The van der Waals surface area contributed by atoms with E-state index in [1.165, 1.54) is 12.1 Å². The second-order valence-electron chi connectivity index (χ2n) is 5.21. The minimum absolute atomic E-state index is 0.00850. The first-order valence-corrected chi connectivity index (χ1v) is 8.81. The minimum atomic E-state index is -1.13. The third-order valence-corrected chi connectivity index (χ3v) is 4.20. The first kappa shape index (κ1) is 17.6. The van der Waals surface area contributed by atoms with E-state index in [1.807, 2.05) is 30.3 Å². The predicted molar refractivity (Wildman–Crippen MR) is 93.1 cm³/mol. The number of rotatable bonds is 6. The number of nitrogens with zero attached hydrogens (tertiary/aromatic N) is 1. The summed E-state index contributed by atoms with van der Waals surface area (Å²) in [4.78, 5) is 22.7. The van der Waals surface area contributed by atoms with Gasteiger partial charge in [-0.2, -0.15) is 0 Å². The van der Waals surface area contributed by atoms with Gasteiger partial charge in [0.15, 0.2) is 0 Å². The van der Waals surface area contributed by atoms with E-state index in [0.717, 1.165) is 11.6 Å². The second-order valence-corrected chi connectivity index (χ2v) is 6.69. The molecule has 0 aliphatic rings. The van der Waals surface area contributed by atoms with Gasteiger partial charge in [0.25, 0.3) is 11.6 Å². The zero-order valence-corrected chi connectivity index (χ0v) is 13.8. The average Bonchev–Trinajstić information content (AvgIpc) is 2.54. The Balaban J connectivity index is 2.26. The molecule has 0 heterocycles. The van der Waals surface area contributed by atoms with Crippen LogP contribution in [0.4, 0.5) is 11.4 Å². The largest absolute Gasteiger partial charge is 0.393 e. The Kier molecular flexibility index (Phi) is 5.64. The molecule has 2 aromatic carbocycles. The molecule has 0 saturated heterocycles. The van der Waals surface area contributed by atoms with Crippen LogP contribution in [0.25, 0.3) is 0 Å². The zero-order chi connectivity index (χ0) is 17.7. The number of carbonyl (C=O) groups is 1. The summed E-state index contributed by atoms with van der Waals surface area (Å²) in [5, 5.41) is 13.7. The lowest BCUT2D eigenvalue weighted by Crippen LogP contribution is -2.32. The molecule has 1 amide bonds. The fourth-order valence-electron chi connectivity index (χ4n) is 2.23. The lowest BCUT2D eigenvalue weighted by molar-refractivity contribution is -0.383. The van der Waals surface area contributed by atoms with Gasteiger partial charge in [0.1, 0.15) is 5.69 Å². The highest BCUT2D eigenvalue weighted by atomic mass is 32.2. The van der Waals surface area contributed by atoms with Crippen LogP contribution in [-0.4, -0.2) is 27.0 Å². The molecule has 0 radical (unpaired) electrons. The van der Waals surface area contributed by atoms with Gasteiger partial charge in [-0.15, -0.1) is 0 Å². The zero-order valence-electron chi connectivity index (χ0n) is 13.0. The Bertz CT molecular complexity index is 780.